The van der Waals surface area contributed by atoms with Gasteiger partial charge in [-0.3, -0.25) is 29.8 Å². The van der Waals surface area contributed by atoms with Crippen molar-refractivity contribution in [3.63, 3.8) is 0 Å². The third-order valence-electron chi connectivity index (χ3n) is 2.49. The van der Waals surface area contributed by atoms with E-state index in [1.54, 1.807) is 0 Å². The van der Waals surface area contributed by atoms with Gasteiger partial charge in [0.25, 0.3) is 0 Å². The van der Waals surface area contributed by atoms with E-state index in [0.29, 0.717) is 27.7 Å². The number of alkyl halides is 1. The molecule has 0 radical (unpaired) electrons. The van der Waals surface area contributed by atoms with Gasteiger partial charge in [0.05, 0.1) is 22.3 Å². The first-order valence-electron chi connectivity index (χ1n) is 7.57. The van der Waals surface area contributed by atoms with Crippen molar-refractivity contribution in [1.29, 1.82) is 0 Å². The van der Waals surface area contributed by atoms with Crippen molar-refractivity contribution in [2.45, 2.75) is 25.9 Å². The monoisotopic (exact) mass is 572 g/mol. The number of carbonyl (C=O) groups excluding carboxylic acids is 4. The number of amides is 2. The third-order valence-corrected chi connectivity index (χ3v) is 5.02. The molecule has 0 heterocycles. The number of nitrogens with one attached hydrogen (secondary N) is 2. The summed E-state index contributed by atoms with van der Waals surface area (Å²) >= 11 is 15.1. The normalized spacial score (nSPS) is 11.8. The lowest BCUT2D eigenvalue weighted by atomic mass is 10.2. The van der Waals surface area contributed by atoms with Crippen LogP contribution in [0.25, 0.3) is 0 Å². The van der Waals surface area contributed by atoms with E-state index in [0.717, 1.165) is 0 Å². The number of thiol groups is 3. The Morgan fingerprint density at radius 3 is 1.56 bits per heavy atom. The Balaban J connectivity index is -0.000000356. The van der Waals surface area contributed by atoms with Crippen molar-refractivity contribution in [1.82, 2.24) is 10.6 Å². The zero-order valence-corrected chi connectivity index (χ0v) is 21.0. The molecule has 0 aromatic carbocycles. The molecule has 0 bridgehead atoms. The number of hydrogen-bond donors (Lipinski definition) is 7. The average molecular weight is 573 g/mol. The van der Waals surface area contributed by atoms with E-state index in [2.05, 4.69) is 54.3 Å². The van der Waals surface area contributed by atoms with Gasteiger partial charge in [-0.05, 0) is 13.8 Å². The van der Waals surface area contributed by atoms with Gasteiger partial charge in [-0.1, -0.05) is 22.6 Å². The van der Waals surface area contributed by atoms with Gasteiger partial charge < -0.3 is 11.5 Å². The number of thioether (sulfide) groups is 1. The Hall–Kier alpha value is 0.330. The third kappa shape index (κ3) is 26.3. The maximum Gasteiger partial charge on any atom is 0.227 e. The molecule has 0 saturated carbocycles. The molecule has 6 N–H and O–H groups in total. The number of primary amides is 2. The highest BCUT2D eigenvalue weighted by molar-refractivity contribution is 14.1. The maximum absolute atomic E-state index is 10.9. The first kappa shape index (κ1) is 32.0. The van der Waals surface area contributed by atoms with Crippen LogP contribution in [0, 0.1) is 0 Å². The largest absolute Gasteiger partial charge is 0.369 e. The topological polar surface area (TPSA) is 144 Å². The summed E-state index contributed by atoms with van der Waals surface area (Å²) in [6.45, 7) is 3.05. The van der Waals surface area contributed by atoms with E-state index >= 15 is 0 Å². The molecule has 2 atom stereocenters. The van der Waals surface area contributed by atoms with Gasteiger partial charge in [0.2, 0.25) is 11.8 Å². The number of halogens is 1. The minimum absolute atomic E-state index is 0.0506. The molecule has 0 saturated heterocycles. The van der Waals surface area contributed by atoms with Crippen LogP contribution in [0.15, 0.2) is 0 Å². The van der Waals surface area contributed by atoms with Crippen LogP contribution in [-0.2, 0) is 19.2 Å². The molecule has 0 rings (SSSR count). The molecular weight excluding hydrogens is 543 g/mol. The lowest BCUT2D eigenvalue weighted by molar-refractivity contribution is -0.119. The zero-order chi connectivity index (χ0) is 21.8. The highest BCUT2D eigenvalue weighted by atomic mass is 127. The summed E-state index contributed by atoms with van der Waals surface area (Å²) in [7, 11) is 0. The van der Waals surface area contributed by atoms with Crippen molar-refractivity contribution < 1.29 is 19.2 Å². The minimum atomic E-state index is -0.350. The molecule has 0 unspecified atom stereocenters. The Kier molecular flexibility index (Phi) is 26.8. The second kappa shape index (κ2) is 22.6. The summed E-state index contributed by atoms with van der Waals surface area (Å²) in [4.78, 5) is 41.4. The Morgan fingerprint density at radius 2 is 1.33 bits per heavy atom. The van der Waals surface area contributed by atoms with E-state index in [4.69, 9.17) is 5.73 Å². The van der Waals surface area contributed by atoms with Crippen LogP contribution in [0.3, 0.4) is 0 Å². The SMILES string of the molecule is CC(=O)[C@H](CS)NCS.CC(=O)[C@H](CS)NCSCC(N)=O.NC(=O)CI. The molecule has 0 aromatic rings. The van der Waals surface area contributed by atoms with Gasteiger partial charge in [0, 0.05) is 23.3 Å². The van der Waals surface area contributed by atoms with Crippen LogP contribution in [-0.4, -0.2) is 68.9 Å². The van der Waals surface area contributed by atoms with Gasteiger partial charge in [-0.15, -0.1) is 11.8 Å². The number of hydrogen-bond acceptors (Lipinski definition) is 10. The summed E-state index contributed by atoms with van der Waals surface area (Å²) in [6, 6.07) is -0.366. The Morgan fingerprint density at radius 1 is 0.926 bits per heavy atom. The smallest absolute Gasteiger partial charge is 0.227 e. The lowest BCUT2D eigenvalue weighted by Gasteiger charge is -2.11. The standard InChI is InChI=1S/C7H14N2O2S2.C5H11NOS2.C2H4INO/c1-5(10)6(2-12)9-4-13-3-7(8)11;1-4(7)5(2-8)6-3-9;3-1-2(4)5/h6,9,12H,2-4H2,1H3,(H2,8,11);5-6,8-9H,2-3H2,1H3;1H2,(H2,4,5)/t6-;5-;/m00./s1. The summed E-state index contributed by atoms with van der Waals surface area (Å²) < 4.78 is 0.414. The van der Waals surface area contributed by atoms with Gasteiger partial charge in [0.1, 0.15) is 11.6 Å². The van der Waals surface area contributed by atoms with Gasteiger partial charge in [-0.25, -0.2) is 0 Å². The molecule has 0 aliphatic rings. The molecule has 2 amide bonds. The molecule has 0 spiro atoms. The lowest BCUT2D eigenvalue weighted by Crippen LogP contribution is -2.37. The number of ketones is 2. The van der Waals surface area contributed by atoms with Crippen molar-refractivity contribution in [3.8, 4) is 0 Å². The van der Waals surface area contributed by atoms with Crippen LogP contribution in [0.2, 0.25) is 0 Å². The van der Waals surface area contributed by atoms with Crippen molar-refractivity contribution in [2.24, 2.45) is 11.5 Å². The Labute approximate surface area is 195 Å². The van der Waals surface area contributed by atoms with Gasteiger partial charge in [0.15, 0.2) is 0 Å². The van der Waals surface area contributed by atoms with Crippen LogP contribution in [0.5, 0.6) is 0 Å². The van der Waals surface area contributed by atoms with E-state index in [1.807, 2.05) is 22.6 Å². The molecule has 0 aliphatic heterocycles. The molecule has 13 heteroatoms. The predicted octanol–water partition coefficient (Wildman–Crippen LogP) is -0.103. The molecule has 160 valence electrons. The fraction of sp³-hybridized carbons (Fsp3) is 0.714. The first-order valence-corrected chi connectivity index (χ1v) is 12.2. The highest BCUT2D eigenvalue weighted by Gasteiger charge is 2.10. The van der Waals surface area contributed by atoms with Crippen molar-refractivity contribution >= 4 is 95.6 Å². The fourth-order valence-electron chi connectivity index (χ4n) is 1.10. The average Bonchev–Trinajstić information content (AvgIpc) is 2.59. The molecule has 27 heavy (non-hydrogen) atoms. The quantitative estimate of drug-likeness (QED) is 0.0569. The summed E-state index contributed by atoms with van der Waals surface area (Å²) in [5, 5.41) is 5.82. The van der Waals surface area contributed by atoms with Crippen molar-refractivity contribution in [2.75, 3.05) is 33.4 Å². The summed E-state index contributed by atoms with van der Waals surface area (Å²) in [5.74, 6) is 1.88. The van der Waals surface area contributed by atoms with Crippen LogP contribution >= 0.6 is 72.2 Å². The summed E-state index contributed by atoms with van der Waals surface area (Å²) in [6.07, 6.45) is 0. The van der Waals surface area contributed by atoms with Gasteiger partial charge >= 0.3 is 0 Å². The predicted molar refractivity (Wildman–Crippen MR) is 131 cm³/mol. The van der Waals surface area contributed by atoms with Crippen LogP contribution in [0.1, 0.15) is 13.8 Å². The number of nitrogens with two attached hydrogens (primary N) is 2. The van der Waals surface area contributed by atoms with E-state index in [-0.39, 0.29) is 41.2 Å². The maximum atomic E-state index is 10.9. The summed E-state index contributed by atoms with van der Waals surface area (Å²) in [5.41, 5.74) is 9.58. The van der Waals surface area contributed by atoms with E-state index in [9.17, 15) is 19.2 Å². The Bertz CT molecular complexity index is 447. The number of rotatable bonds is 12. The zero-order valence-electron chi connectivity index (χ0n) is 15.3. The fourth-order valence-corrected chi connectivity index (χ4v) is 2.71. The van der Waals surface area contributed by atoms with E-state index < -0.39 is 0 Å². The number of Topliss-reactive ketones (excluding diaryl/α,β-unsaturated/α-hetero) is 2. The van der Waals surface area contributed by atoms with Crippen LogP contribution in [0.4, 0.5) is 0 Å². The van der Waals surface area contributed by atoms with Crippen LogP contribution < -0.4 is 22.1 Å². The first-order chi connectivity index (χ1) is 12.6. The molecule has 0 aromatic heterocycles. The minimum Gasteiger partial charge on any atom is -0.369 e. The molecular formula is C14H29IN4O4S4. The van der Waals surface area contributed by atoms with E-state index in [1.165, 1.54) is 25.6 Å². The molecule has 0 aliphatic carbocycles. The van der Waals surface area contributed by atoms with Gasteiger partial charge in [-0.2, -0.15) is 37.9 Å². The molecule has 8 nitrogen and oxygen atoms in total. The van der Waals surface area contributed by atoms with Crippen molar-refractivity contribution in [3.05, 3.63) is 0 Å². The molecule has 0 fully saturated rings. The second-order valence-corrected chi connectivity index (χ2v) is 7.61. The highest BCUT2D eigenvalue weighted by Crippen LogP contribution is 1.98. The second-order valence-electron chi connectivity index (χ2n) is 4.82. The number of carbonyl (C=O) groups is 4.